The van der Waals surface area contributed by atoms with Gasteiger partial charge in [-0.25, -0.2) is 0 Å². The second-order valence-corrected chi connectivity index (χ2v) is 9.06. The number of para-hydroxylation sites is 1. The minimum absolute atomic E-state index is 0.305. The molecule has 3 aromatic carbocycles. The first-order valence-corrected chi connectivity index (χ1v) is 12.2. The van der Waals surface area contributed by atoms with Crippen LogP contribution in [0.15, 0.2) is 73.3 Å². The number of benzene rings is 3. The molecule has 188 valence electrons. The van der Waals surface area contributed by atoms with Crippen molar-refractivity contribution in [3.8, 4) is 17.2 Å². The summed E-state index contributed by atoms with van der Waals surface area (Å²) in [6, 6.07) is 18.3. The number of carbonyl (C=O) groups excluding carboxylic acids is 1. The molecule has 6 nitrogen and oxygen atoms in total. The van der Waals surface area contributed by atoms with Gasteiger partial charge in [0, 0.05) is 18.5 Å². The van der Waals surface area contributed by atoms with E-state index < -0.39 is 6.04 Å². The highest BCUT2D eigenvalue weighted by molar-refractivity contribution is 6.42. The zero-order chi connectivity index (χ0) is 25.5. The van der Waals surface area contributed by atoms with Crippen molar-refractivity contribution in [2.45, 2.75) is 25.2 Å². The molecular formula is C28H27Cl2NO5. The van der Waals surface area contributed by atoms with Crippen molar-refractivity contribution in [3.63, 3.8) is 0 Å². The second kappa shape index (κ2) is 12.2. The number of rotatable bonds is 10. The number of carbonyl (C=O) groups is 1. The maximum atomic E-state index is 12.3. The molecule has 0 aromatic heterocycles. The van der Waals surface area contributed by atoms with Crippen LogP contribution in [0.25, 0.3) is 0 Å². The molecule has 4 rings (SSSR count). The molecule has 36 heavy (non-hydrogen) atoms. The lowest BCUT2D eigenvalue weighted by molar-refractivity contribution is -0.143. The molecule has 3 aromatic rings. The Morgan fingerprint density at radius 2 is 1.97 bits per heavy atom. The Kier molecular flexibility index (Phi) is 8.75. The Hall–Kier alpha value is -3.19. The van der Waals surface area contributed by atoms with Crippen LogP contribution in [0, 0.1) is 0 Å². The van der Waals surface area contributed by atoms with Crippen LogP contribution in [0.2, 0.25) is 10.0 Å². The molecule has 0 bridgehead atoms. The lowest BCUT2D eigenvalue weighted by Crippen LogP contribution is -2.39. The van der Waals surface area contributed by atoms with Crippen molar-refractivity contribution in [2.75, 3.05) is 20.3 Å². The van der Waals surface area contributed by atoms with Crippen LogP contribution in [0.4, 0.5) is 0 Å². The maximum Gasteiger partial charge on any atom is 0.323 e. The van der Waals surface area contributed by atoms with Crippen LogP contribution >= 0.6 is 23.2 Å². The van der Waals surface area contributed by atoms with Crippen molar-refractivity contribution >= 4 is 29.2 Å². The average Bonchev–Trinajstić information content (AvgIpc) is 2.91. The molecule has 0 aliphatic carbocycles. The number of methoxy groups -OCH3 is 1. The van der Waals surface area contributed by atoms with E-state index in [0.717, 1.165) is 22.4 Å². The van der Waals surface area contributed by atoms with E-state index in [1.54, 1.807) is 18.2 Å². The molecule has 0 spiro atoms. The minimum atomic E-state index is -0.532. The number of fused-ring (bicyclic) bond motifs is 1. The fourth-order valence-electron chi connectivity index (χ4n) is 3.88. The van der Waals surface area contributed by atoms with Gasteiger partial charge in [0.25, 0.3) is 0 Å². The fraction of sp³-hybridized carbons (Fsp3) is 0.250. The summed E-state index contributed by atoms with van der Waals surface area (Å²) in [5.74, 6) is 1.65. The van der Waals surface area contributed by atoms with Gasteiger partial charge in [0.2, 0.25) is 0 Å². The molecular weight excluding hydrogens is 501 g/mol. The molecule has 1 N–H and O–H groups in total. The summed E-state index contributed by atoms with van der Waals surface area (Å²) in [7, 11) is 1.37. The molecule has 0 amide bonds. The highest BCUT2D eigenvalue weighted by atomic mass is 35.5. The number of nitrogens with one attached hydrogen (secondary N) is 1. The van der Waals surface area contributed by atoms with Gasteiger partial charge >= 0.3 is 5.97 Å². The van der Waals surface area contributed by atoms with Crippen molar-refractivity contribution < 1.29 is 23.7 Å². The third kappa shape index (κ3) is 6.32. The lowest BCUT2D eigenvalue weighted by atomic mass is 10.0. The summed E-state index contributed by atoms with van der Waals surface area (Å²) in [6.45, 7) is 4.92. The van der Waals surface area contributed by atoms with E-state index in [-0.39, 0.29) is 12.1 Å². The number of hydrogen-bond acceptors (Lipinski definition) is 6. The quantitative estimate of drug-likeness (QED) is 0.259. The van der Waals surface area contributed by atoms with Crippen LogP contribution < -0.4 is 19.5 Å². The highest BCUT2D eigenvalue weighted by Crippen LogP contribution is 2.40. The third-order valence-electron chi connectivity index (χ3n) is 5.77. The van der Waals surface area contributed by atoms with Gasteiger partial charge in [0.05, 0.1) is 17.2 Å². The summed E-state index contributed by atoms with van der Waals surface area (Å²) in [6.07, 6.45) is 1.78. The normalized spacial score (nSPS) is 15.1. The standard InChI is InChI=1S/C28H27Cl2NO5/c1-3-13-31-24(28(32)33-2)15-20-5-4-6-25-27(20)36-26(17-35-25)19-8-10-21(11-9-19)34-16-18-7-12-22(29)23(30)14-18/h3-12,14,24,26,31H,1,13,15-17H2,2H3/t24-,26?/m0/s1. The SMILES string of the molecule is C=CCN[C@@H](Cc1cccc2c1OC(c1ccc(OCc3ccc(Cl)c(Cl)c3)cc1)CO2)C(=O)OC. The molecule has 0 saturated carbocycles. The number of esters is 1. The van der Waals surface area contributed by atoms with Gasteiger partial charge in [-0.2, -0.15) is 0 Å². The van der Waals surface area contributed by atoms with Gasteiger partial charge in [-0.3, -0.25) is 4.79 Å². The number of ether oxygens (including phenoxy) is 4. The second-order valence-electron chi connectivity index (χ2n) is 8.24. The highest BCUT2D eigenvalue weighted by Gasteiger charge is 2.27. The molecule has 8 heteroatoms. The van der Waals surface area contributed by atoms with Crippen molar-refractivity contribution in [1.29, 1.82) is 0 Å². The summed E-state index contributed by atoms with van der Waals surface area (Å²) >= 11 is 12.1. The minimum Gasteiger partial charge on any atom is -0.489 e. The Balaban J connectivity index is 1.44. The van der Waals surface area contributed by atoms with Crippen molar-refractivity contribution in [1.82, 2.24) is 5.32 Å². The van der Waals surface area contributed by atoms with Crippen molar-refractivity contribution in [2.24, 2.45) is 0 Å². The lowest BCUT2D eigenvalue weighted by Gasteiger charge is -2.29. The molecule has 1 aliphatic heterocycles. The topological polar surface area (TPSA) is 66.0 Å². The van der Waals surface area contributed by atoms with Crippen LogP contribution in [-0.2, 0) is 22.6 Å². The Bertz CT molecular complexity index is 1220. The maximum absolute atomic E-state index is 12.3. The van der Waals surface area contributed by atoms with Gasteiger partial charge < -0.3 is 24.3 Å². The van der Waals surface area contributed by atoms with Crippen LogP contribution in [0.5, 0.6) is 17.2 Å². The van der Waals surface area contributed by atoms with Gasteiger partial charge in [-0.15, -0.1) is 6.58 Å². The zero-order valence-electron chi connectivity index (χ0n) is 19.8. The van der Waals surface area contributed by atoms with Gasteiger partial charge in [0.15, 0.2) is 17.6 Å². The molecule has 0 saturated heterocycles. The largest absolute Gasteiger partial charge is 0.489 e. The fourth-order valence-corrected chi connectivity index (χ4v) is 4.20. The van der Waals surface area contributed by atoms with Crippen LogP contribution in [-0.4, -0.2) is 32.3 Å². The smallest absolute Gasteiger partial charge is 0.323 e. The van der Waals surface area contributed by atoms with Gasteiger partial charge in [-0.1, -0.05) is 59.6 Å². The van der Waals surface area contributed by atoms with E-state index in [0.29, 0.717) is 47.7 Å². The summed E-state index contributed by atoms with van der Waals surface area (Å²) < 4.78 is 23.2. The zero-order valence-corrected chi connectivity index (χ0v) is 21.4. The monoisotopic (exact) mass is 527 g/mol. The van der Waals surface area contributed by atoms with E-state index in [9.17, 15) is 4.79 Å². The molecule has 0 radical (unpaired) electrons. The summed E-state index contributed by atoms with van der Waals surface area (Å²) in [5.41, 5.74) is 2.73. The first-order chi connectivity index (χ1) is 17.5. The molecule has 1 unspecified atom stereocenters. The Morgan fingerprint density at radius 1 is 1.17 bits per heavy atom. The number of halogens is 2. The van der Waals surface area contributed by atoms with Crippen LogP contribution in [0.3, 0.4) is 0 Å². The van der Waals surface area contributed by atoms with E-state index in [2.05, 4.69) is 11.9 Å². The van der Waals surface area contributed by atoms with Gasteiger partial charge in [-0.05, 0) is 41.5 Å². The molecule has 1 heterocycles. The van der Waals surface area contributed by atoms with E-state index in [4.69, 9.17) is 42.1 Å². The number of hydrogen-bond donors (Lipinski definition) is 1. The van der Waals surface area contributed by atoms with Gasteiger partial charge in [0.1, 0.15) is 25.0 Å². The van der Waals surface area contributed by atoms with Crippen LogP contribution in [0.1, 0.15) is 22.8 Å². The average molecular weight is 528 g/mol. The molecule has 0 fully saturated rings. The third-order valence-corrected chi connectivity index (χ3v) is 6.51. The van der Waals surface area contributed by atoms with E-state index in [1.165, 1.54) is 7.11 Å². The van der Waals surface area contributed by atoms with E-state index >= 15 is 0 Å². The van der Waals surface area contributed by atoms with E-state index in [1.807, 2.05) is 48.5 Å². The first-order valence-electron chi connectivity index (χ1n) is 11.5. The predicted molar refractivity (Wildman–Crippen MR) is 140 cm³/mol. The first kappa shape index (κ1) is 25.9. The molecule has 2 atom stereocenters. The summed E-state index contributed by atoms with van der Waals surface area (Å²) in [5, 5.41) is 4.15. The Morgan fingerprint density at radius 3 is 2.69 bits per heavy atom. The Labute approximate surface area is 220 Å². The predicted octanol–water partition coefficient (Wildman–Crippen LogP) is 5.94. The van der Waals surface area contributed by atoms with Crippen molar-refractivity contribution in [3.05, 3.63) is 100 Å². The summed E-state index contributed by atoms with van der Waals surface area (Å²) in [4.78, 5) is 12.3. The molecule has 1 aliphatic rings.